The molecule has 10 heteroatoms. The molecule has 9 nitrogen and oxygen atoms in total. The second-order valence-corrected chi connectivity index (χ2v) is 10.4. The van der Waals surface area contributed by atoms with E-state index in [9.17, 15) is 8.42 Å². The van der Waals surface area contributed by atoms with Crippen molar-refractivity contribution < 1.29 is 8.42 Å². The van der Waals surface area contributed by atoms with Gasteiger partial charge in [-0.1, -0.05) is 0 Å². The zero-order chi connectivity index (χ0) is 23.7. The van der Waals surface area contributed by atoms with Gasteiger partial charge in [0.25, 0.3) is 0 Å². The van der Waals surface area contributed by atoms with E-state index in [0.717, 1.165) is 55.9 Å². The number of nitrogens with one attached hydrogen (secondary N) is 1. The molecule has 2 aromatic heterocycles. The maximum Gasteiger partial charge on any atom is 0.238 e. The molecule has 1 saturated heterocycles. The first-order valence-electron chi connectivity index (χ1n) is 11.5. The van der Waals surface area contributed by atoms with Crippen LogP contribution in [0.15, 0.2) is 66.2 Å². The second-order valence-electron chi connectivity index (χ2n) is 8.89. The van der Waals surface area contributed by atoms with Crippen LogP contribution < -0.4 is 10.0 Å². The van der Waals surface area contributed by atoms with Gasteiger partial charge in [0.15, 0.2) is 0 Å². The van der Waals surface area contributed by atoms with Gasteiger partial charge in [-0.25, -0.2) is 13.6 Å². The third-order valence-corrected chi connectivity index (χ3v) is 7.58. The molecule has 1 unspecified atom stereocenters. The number of nitrogens with zero attached hydrogens (tertiary/aromatic N) is 5. The number of piperazine rings is 1. The second kappa shape index (κ2) is 9.21. The SMILES string of the molecule is CC1CN(c2ccc(S(N)(=O)=O)cc2)CCN1CCCc1c[nH]c2ccc(-n3cnnc3)cc12. The Labute approximate surface area is 199 Å². The van der Waals surface area contributed by atoms with Crippen LogP contribution in [0, 0.1) is 0 Å². The number of fused-ring (bicyclic) bond motifs is 1. The van der Waals surface area contributed by atoms with Gasteiger partial charge in [-0.05, 0) is 74.3 Å². The molecule has 1 aliphatic heterocycles. The van der Waals surface area contributed by atoms with Gasteiger partial charge in [-0.2, -0.15) is 0 Å². The number of aryl methyl sites for hydroxylation is 1. The topological polar surface area (TPSA) is 113 Å². The summed E-state index contributed by atoms with van der Waals surface area (Å²) in [5.41, 5.74) is 4.55. The van der Waals surface area contributed by atoms with Crippen molar-refractivity contribution in [3.8, 4) is 5.69 Å². The minimum absolute atomic E-state index is 0.147. The molecule has 0 bridgehead atoms. The van der Waals surface area contributed by atoms with E-state index in [-0.39, 0.29) is 4.90 Å². The Morgan fingerprint density at radius 1 is 1.06 bits per heavy atom. The number of hydrogen-bond donors (Lipinski definition) is 2. The van der Waals surface area contributed by atoms with Crippen LogP contribution in [0.5, 0.6) is 0 Å². The highest BCUT2D eigenvalue weighted by atomic mass is 32.2. The first-order valence-corrected chi connectivity index (χ1v) is 13.0. The third-order valence-electron chi connectivity index (χ3n) is 6.65. The average Bonchev–Trinajstić information content (AvgIpc) is 3.50. The zero-order valence-electron chi connectivity index (χ0n) is 19.1. The molecule has 178 valence electrons. The van der Waals surface area contributed by atoms with Gasteiger partial charge in [-0.15, -0.1) is 10.2 Å². The minimum atomic E-state index is -3.66. The summed E-state index contributed by atoms with van der Waals surface area (Å²) in [5.74, 6) is 0. The maximum atomic E-state index is 11.5. The maximum absolute atomic E-state index is 11.5. The molecular formula is C24H29N7O2S. The number of benzene rings is 2. The fourth-order valence-corrected chi connectivity index (χ4v) is 5.26. The van der Waals surface area contributed by atoms with E-state index in [4.69, 9.17) is 5.14 Å². The van der Waals surface area contributed by atoms with E-state index in [1.54, 1.807) is 24.8 Å². The molecule has 1 fully saturated rings. The van der Waals surface area contributed by atoms with E-state index in [1.807, 2.05) is 16.7 Å². The highest BCUT2D eigenvalue weighted by Gasteiger charge is 2.24. The smallest absolute Gasteiger partial charge is 0.238 e. The van der Waals surface area contributed by atoms with Gasteiger partial charge >= 0.3 is 0 Å². The zero-order valence-corrected chi connectivity index (χ0v) is 19.9. The fourth-order valence-electron chi connectivity index (χ4n) is 4.75. The molecule has 2 aromatic carbocycles. The Bertz CT molecular complexity index is 1360. The lowest BCUT2D eigenvalue weighted by molar-refractivity contribution is 0.187. The average molecular weight is 480 g/mol. The molecule has 3 heterocycles. The van der Waals surface area contributed by atoms with E-state index < -0.39 is 10.0 Å². The number of anilines is 1. The Kier molecular flexibility index (Phi) is 6.11. The van der Waals surface area contributed by atoms with Gasteiger partial charge in [0, 0.05) is 54.2 Å². The van der Waals surface area contributed by atoms with Crippen molar-refractivity contribution in [1.82, 2.24) is 24.6 Å². The highest BCUT2D eigenvalue weighted by molar-refractivity contribution is 7.89. The number of aromatic nitrogens is 4. The van der Waals surface area contributed by atoms with Crippen molar-refractivity contribution in [3.63, 3.8) is 0 Å². The largest absolute Gasteiger partial charge is 0.369 e. The first kappa shape index (κ1) is 22.6. The van der Waals surface area contributed by atoms with Gasteiger partial charge in [0.2, 0.25) is 10.0 Å². The summed E-state index contributed by atoms with van der Waals surface area (Å²) in [6, 6.07) is 13.6. The molecule has 5 rings (SSSR count). The van der Waals surface area contributed by atoms with Crippen LogP contribution in [0.25, 0.3) is 16.6 Å². The first-order chi connectivity index (χ1) is 16.4. The molecule has 0 saturated carbocycles. The Hall–Kier alpha value is -3.21. The number of primary sulfonamides is 1. The van der Waals surface area contributed by atoms with Crippen LogP contribution in [-0.4, -0.2) is 65.3 Å². The summed E-state index contributed by atoms with van der Waals surface area (Å²) in [4.78, 5) is 8.38. The lowest BCUT2D eigenvalue weighted by atomic mass is 10.1. The van der Waals surface area contributed by atoms with Crippen LogP contribution in [0.2, 0.25) is 0 Å². The van der Waals surface area contributed by atoms with Crippen LogP contribution in [-0.2, 0) is 16.4 Å². The Balaban J connectivity index is 1.18. The predicted molar refractivity (Wildman–Crippen MR) is 133 cm³/mol. The molecule has 0 aliphatic carbocycles. The van der Waals surface area contributed by atoms with E-state index in [1.165, 1.54) is 10.9 Å². The predicted octanol–water partition coefficient (Wildman–Crippen LogP) is 2.54. The fraction of sp³-hybridized carbons (Fsp3) is 0.333. The molecule has 1 aliphatic rings. The lowest BCUT2D eigenvalue weighted by Gasteiger charge is -2.41. The van der Waals surface area contributed by atoms with E-state index >= 15 is 0 Å². The quantitative estimate of drug-likeness (QED) is 0.421. The summed E-state index contributed by atoms with van der Waals surface area (Å²) in [6.45, 7) is 6.08. The van der Waals surface area contributed by atoms with Crippen molar-refractivity contribution in [1.29, 1.82) is 0 Å². The van der Waals surface area contributed by atoms with Crippen LogP contribution >= 0.6 is 0 Å². The van der Waals surface area contributed by atoms with Gasteiger partial charge < -0.3 is 9.88 Å². The number of nitrogens with two attached hydrogens (primary N) is 1. The molecule has 34 heavy (non-hydrogen) atoms. The van der Waals surface area contributed by atoms with E-state index in [0.29, 0.717) is 6.04 Å². The summed E-state index contributed by atoms with van der Waals surface area (Å²) in [7, 11) is -3.66. The van der Waals surface area contributed by atoms with Crippen molar-refractivity contribution >= 4 is 26.6 Å². The highest BCUT2D eigenvalue weighted by Crippen LogP contribution is 2.24. The summed E-state index contributed by atoms with van der Waals surface area (Å²) < 4.78 is 24.9. The Morgan fingerprint density at radius 3 is 2.50 bits per heavy atom. The van der Waals surface area contributed by atoms with Crippen molar-refractivity contribution in [2.75, 3.05) is 31.1 Å². The number of sulfonamides is 1. The number of H-pyrrole nitrogens is 1. The summed E-state index contributed by atoms with van der Waals surface area (Å²) in [6.07, 6.45) is 7.63. The van der Waals surface area contributed by atoms with Crippen molar-refractivity contribution in [2.24, 2.45) is 5.14 Å². The van der Waals surface area contributed by atoms with Gasteiger partial charge in [0.05, 0.1) is 4.90 Å². The Morgan fingerprint density at radius 2 is 1.79 bits per heavy atom. The molecule has 0 spiro atoms. The van der Waals surface area contributed by atoms with E-state index in [2.05, 4.69) is 56.3 Å². The number of hydrogen-bond acceptors (Lipinski definition) is 6. The summed E-state index contributed by atoms with van der Waals surface area (Å²) in [5, 5.41) is 14.3. The number of aromatic amines is 1. The molecule has 3 N–H and O–H groups in total. The summed E-state index contributed by atoms with van der Waals surface area (Å²) >= 11 is 0. The van der Waals surface area contributed by atoms with Crippen LogP contribution in [0.1, 0.15) is 18.9 Å². The van der Waals surface area contributed by atoms with Crippen molar-refractivity contribution in [3.05, 3.63) is 66.9 Å². The normalized spacial score (nSPS) is 17.5. The molecule has 4 aromatic rings. The molecule has 1 atom stereocenters. The van der Waals surface area contributed by atoms with Gasteiger partial charge in [-0.3, -0.25) is 9.47 Å². The van der Waals surface area contributed by atoms with Crippen LogP contribution in [0.3, 0.4) is 0 Å². The third kappa shape index (κ3) is 4.70. The lowest BCUT2D eigenvalue weighted by Crippen LogP contribution is -2.52. The molecular weight excluding hydrogens is 450 g/mol. The van der Waals surface area contributed by atoms with Crippen LogP contribution in [0.4, 0.5) is 5.69 Å². The molecule has 0 radical (unpaired) electrons. The number of rotatable bonds is 7. The van der Waals surface area contributed by atoms with Gasteiger partial charge in [0.1, 0.15) is 12.7 Å². The molecule has 0 amide bonds. The van der Waals surface area contributed by atoms with Crippen molar-refractivity contribution in [2.45, 2.75) is 30.7 Å². The standard InChI is InChI=1S/C24H29N7O2S/c1-18-15-30(20-4-7-22(8-5-20)34(25,32)33)12-11-29(18)10-2-3-19-14-26-24-9-6-21(13-23(19)24)31-16-27-28-17-31/h4-9,13-14,16-18,26H,2-3,10-12,15H2,1H3,(H2,25,32,33). The minimum Gasteiger partial charge on any atom is -0.369 e. The monoisotopic (exact) mass is 479 g/mol.